The summed E-state index contributed by atoms with van der Waals surface area (Å²) in [7, 11) is 1.64. The van der Waals surface area contributed by atoms with Gasteiger partial charge < -0.3 is 9.47 Å². The Morgan fingerprint density at radius 1 is 1.67 bits per heavy atom. The molecule has 0 unspecified atom stereocenters. The molecule has 0 aromatic heterocycles. The van der Waals surface area contributed by atoms with E-state index in [4.69, 9.17) is 9.47 Å². The Kier molecular flexibility index (Phi) is 3.32. The number of allylic oxidation sites excluding steroid dienone is 1. The van der Waals surface area contributed by atoms with Crippen molar-refractivity contribution in [2.75, 3.05) is 13.9 Å². The van der Waals surface area contributed by atoms with Crippen LogP contribution >= 0.6 is 15.9 Å². The van der Waals surface area contributed by atoms with Crippen LogP contribution in [0.2, 0.25) is 0 Å². The third kappa shape index (κ3) is 2.57. The van der Waals surface area contributed by atoms with Crippen molar-refractivity contribution in [3.05, 3.63) is 10.6 Å². The van der Waals surface area contributed by atoms with E-state index in [1.165, 1.54) is 0 Å². The first kappa shape index (κ1) is 10.2. The van der Waals surface area contributed by atoms with Crippen molar-refractivity contribution in [2.45, 2.75) is 26.4 Å². The van der Waals surface area contributed by atoms with E-state index in [9.17, 15) is 0 Å². The van der Waals surface area contributed by atoms with Gasteiger partial charge in [-0.05, 0) is 11.8 Å². The molecule has 0 saturated carbocycles. The first-order valence-electron chi connectivity index (χ1n) is 4.04. The summed E-state index contributed by atoms with van der Waals surface area (Å²) < 4.78 is 11.5. The van der Waals surface area contributed by atoms with Crippen LogP contribution in [0.15, 0.2) is 10.6 Å². The van der Waals surface area contributed by atoms with Gasteiger partial charge in [0.1, 0.15) is 6.79 Å². The predicted octanol–water partition coefficient (Wildman–Crippen LogP) is 2.68. The van der Waals surface area contributed by atoms with Crippen molar-refractivity contribution in [3.63, 3.8) is 0 Å². The molecule has 70 valence electrons. The molecule has 1 aliphatic rings. The van der Waals surface area contributed by atoms with Gasteiger partial charge in [-0.15, -0.1) is 0 Å². The summed E-state index contributed by atoms with van der Waals surface area (Å²) >= 11 is 3.49. The van der Waals surface area contributed by atoms with Crippen molar-refractivity contribution in [2.24, 2.45) is 5.41 Å². The van der Waals surface area contributed by atoms with Gasteiger partial charge in [-0.2, -0.15) is 0 Å². The summed E-state index contributed by atoms with van der Waals surface area (Å²) in [6, 6.07) is 0. The van der Waals surface area contributed by atoms with E-state index in [1.807, 2.05) is 0 Å². The SMILES string of the molecule is COCO[C@@H]1CC(C)(C)C=C1Br. The van der Waals surface area contributed by atoms with Crippen LogP contribution in [0.3, 0.4) is 0 Å². The first-order valence-corrected chi connectivity index (χ1v) is 4.83. The van der Waals surface area contributed by atoms with Gasteiger partial charge in [0.15, 0.2) is 0 Å². The highest BCUT2D eigenvalue weighted by Crippen LogP contribution is 2.39. The van der Waals surface area contributed by atoms with Crippen LogP contribution in [-0.4, -0.2) is 20.0 Å². The summed E-state index contributed by atoms with van der Waals surface area (Å²) in [5, 5.41) is 0. The Labute approximate surface area is 82.1 Å². The molecule has 1 aliphatic carbocycles. The van der Waals surface area contributed by atoms with Crippen LogP contribution in [0, 0.1) is 5.41 Å². The van der Waals surface area contributed by atoms with Crippen LogP contribution in [0.25, 0.3) is 0 Å². The molecular formula is C9H15BrO2. The first-order chi connectivity index (χ1) is 5.55. The lowest BCUT2D eigenvalue weighted by Gasteiger charge is -2.17. The molecule has 2 nitrogen and oxygen atoms in total. The number of hydrogen-bond donors (Lipinski definition) is 0. The molecule has 0 amide bonds. The van der Waals surface area contributed by atoms with Crippen molar-refractivity contribution in [1.29, 1.82) is 0 Å². The van der Waals surface area contributed by atoms with E-state index >= 15 is 0 Å². The fraction of sp³-hybridized carbons (Fsp3) is 0.778. The third-order valence-electron chi connectivity index (χ3n) is 1.93. The summed E-state index contributed by atoms with van der Waals surface area (Å²) in [4.78, 5) is 0. The average Bonchev–Trinajstić information content (AvgIpc) is 2.20. The lowest BCUT2D eigenvalue weighted by atomic mass is 9.93. The number of rotatable bonds is 3. The van der Waals surface area contributed by atoms with E-state index < -0.39 is 0 Å². The second kappa shape index (κ2) is 3.90. The van der Waals surface area contributed by atoms with Gasteiger partial charge in [0.05, 0.1) is 6.10 Å². The van der Waals surface area contributed by atoms with Gasteiger partial charge in [0, 0.05) is 11.6 Å². The molecule has 0 heterocycles. The van der Waals surface area contributed by atoms with Crippen molar-refractivity contribution in [1.82, 2.24) is 0 Å². The highest BCUT2D eigenvalue weighted by Gasteiger charge is 2.31. The van der Waals surface area contributed by atoms with Crippen LogP contribution in [0.4, 0.5) is 0 Å². The minimum absolute atomic E-state index is 0.181. The fourth-order valence-electron chi connectivity index (χ4n) is 1.39. The van der Waals surface area contributed by atoms with E-state index in [1.54, 1.807) is 7.11 Å². The van der Waals surface area contributed by atoms with E-state index in [0.717, 1.165) is 10.9 Å². The number of ether oxygens (including phenoxy) is 2. The van der Waals surface area contributed by atoms with Gasteiger partial charge in [-0.25, -0.2) is 0 Å². The normalized spacial score (nSPS) is 27.3. The van der Waals surface area contributed by atoms with Crippen molar-refractivity contribution in [3.8, 4) is 0 Å². The molecule has 0 aliphatic heterocycles. The summed E-state index contributed by atoms with van der Waals surface area (Å²) in [5.74, 6) is 0. The van der Waals surface area contributed by atoms with Crippen LogP contribution < -0.4 is 0 Å². The van der Waals surface area contributed by atoms with Gasteiger partial charge in [0.25, 0.3) is 0 Å². The Morgan fingerprint density at radius 2 is 2.33 bits per heavy atom. The quantitative estimate of drug-likeness (QED) is 0.700. The maximum atomic E-state index is 5.46. The lowest BCUT2D eigenvalue weighted by molar-refractivity contribution is -0.0603. The highest BCUT2D eigenvalue weighted by molar-refractivity contribution is 9.11. The molecule has 1 rings (SSSR count). The topological polar surface area (TPSA) is 18.5 Å². The summed E-state index contributed by atoms with van der Waals surface area (Å²) in [5.41, 5.74) is 0.247. The Morgan fingerprint density at radius 3 is 2.75 bits per heavy atom. The smallest absolute Gasteiger partial charge is 0.147 e. The highest BCUT2D eigenvalue weighted by atomic mass is 79.9. The predicted molar refractivity (Wildman–Crippen MR) is 52.2 cm³/mol. The number of methoxy groups -OCH3 is 1. The van der Waals surface area contributed by atoms with Crippen LogP contribution in [-0.2, 0) is 9.47 Å². The zero-order chi connectivity index (χ0) is 9.19. The van der Waals surface area contributed by atoms with Crippen LogP contribution in [0.5, 0.6) is 0 Å². The van der Waals surface area contributed by atoms with E-state index in [0.29, 0.717) is 6.79 Å². The zero-order valence-electron chi connectivity index (χ0n) is 7.76. The molecular weight excluding hydrogens is 220 g/mol. The molecule has 0 N–H and O–H groups in total. The Hall–Kier alpha value is 0.140. The second-order valence-corrected chi connectivity index (χ2v) is 4.70. The second-order valence-electron chi connectivity index (χ2n) is 3.78. The van der Waals surface area contributed by atoms with Crippen molar-refractivity contribution >= 4 is 15.9 Å². The number of hydrogen-bond acceptors (Lipinski definition) is 2. The fourth-order valence-corrected chi connectivity index (χ4v) is 2.30. The molecule has 1 atom stereocenters. The molecule has 0 bridgehead atoms. The molecule has 0 aromatic carbocycles. The molecule has 0 aromatic rings. The monoisotopic (exact) mass is 234 g/mol. The molecule has 3 heteroatoms. The molecule has 12 heavy (non-hydrogen) atoms. The maximum absolute atomic E-state index is 5.46. The third-order valence-corrected chi connectivity index (χ3v) is 2.67. The van der Waals surface area contributed by atoms with Crippen LogP contribution in [0.1, 0.15) is 20.3 Å². The largest absolute Gasteiger partial charge is 0.359 e. The van der Waals surface area contributed by atoms with E-state index in [-0.39, 0.29) is 11.5 Å². The molecule has 0 spiro atoms. The summed E-state index contributed by atoms with van der Waals surface area (Å²) in [6.45, 7) is 4.76. The minimum Gasteiger partial charge on any atom is -0.359 e. The molecule has 0 fully saturated rings. The molecule has 0 radical (unpaired) electrons. The zero-order valence-corrected chi connectivity index (χ0v) is 9.35. The summed E-state index contributed by atoms with van der Waals surface area (Å²) in [6.07, 6.45) is 3.41. The van der Waals surface area contributed by atoms with Gasteiger partial charge >= 0.3 is 0 Å². The number of halogens is 1. The maximum Gasteiger partial charge on any atom is 0.147 e. The Balaban J connectivity index is 2.45. The van der Waals surface area contributed by atoms with E-state index in [2.05, 4.69) is 35.9 Å². The van der Waals surface area contributed by atoms with Gasteiger partial charge in [-0.1, -0.05) is 35.9 Å². The standard InChI is InChI=1S/C9H15BrO2/c1-9(2)4-7(10)8(5-9)12-6-11-3/h4,8H,5-6H2,1-3H3/t8-/m1/s1. The van der Waals surface area contributed by atoms with Gasteiger partial charge in [0.2, 0.25) is 0 Å². The molecule has 0 saturated heterocycles. The lowest BCUT2D eigenvalue weighted by Crippen LogP contribution is -2.15. The Bertz CT molecular complexity index is 187. The van der Waals surface area contributed by atoms with Crippen molar-refractivity contribution < 1.29 is 9.47 Å². The van der Waals surface area contributed by atoms with Gasteiger partial charge in [-0.3, -0.25) is 0 Å². The minimum atomic E-state index is 0.181. The average molecular weight is 235 g/mol.